The lowest BCUT2D eigenvalue weighted by atomic mass is 9.80. The van der Waals surface area contributed by atoms with Gasteiger partial charge in [-0.05, 0) is 61.8 Å². The van der Waals surface area contributed by atoms with Crippen LogP contribution in [0.1, 0.15) is 78.2 Å². The van der Waals surface area contributed by atoms with Crippen LogP contribution in [0, 0.1) is 0 Å². The van der Waals surface area contributed by atoms with Gasteiger partial charge < -0.3 is 20.0 Å². The van der Waals surface area contributed by atoms with Gasteiger partial charge in [-0.25, -0.2) is 0 Å². The number of amides is 2. The van der Waals surface area contributed by atoms with Crippen molar-refractivity contribution in [2.24, 2.45) is 0 Å². The standard InChI is InChI=1S/C29H40N4O2S/c1-2-15-31-17-19-32(20-18-31)16-8-14-30-28(34)26-23-11-5-6-12-24(23)29(35)33(22-9-3-4-10-22)27(26)25-13-7-21-36-25/h5-7,11-13,21-22,26-27H,2-4,8-10,14-20H2,1H3,(H,30,34). The molecule has 0 spiro atoms. The average molecular weight is 509 g/mol. The normalized spacial score (nSPS) is 23.7. The molecule has 1 saturated carbocycles. The minimum atomic E-state index is -0.379. The van der Waals surface area contributed by atoms with E-state index in [1.165, 1.54) is 13.0 Å². The molecule has 5 rings (SSSR count). The number of carbonyl (C=O) groups is 2. The summed E-state index contributed by atoms with van der Waals surface area (Å²) in [5.74, 6) is -0.248. The van der Waals surface area contributed by atoms with Crippen molar-refractivity contribution in [2.75, 3.05) is 45.8 Å². The van der Waals surface area contributed by atoms with Crippen molar-refractivity contribution in [3.05, 3.63) is 57.8 Å². The Hall–Kier alpha value is -2.22. The highest BCUT2D eigenvalue weighted by atomic mass is 32.1. The van der Waals surface area contributed by atoms with Crippen molar-refractivity contribution in [3.8, 4) is 0 Å². The molecule has 2 aromatic rings. The number of thiophene rings is 1. The number of fused-ring (bicyclic) bond motifs is 1. The summed E-state index contributed by atoms with van der Waals surface area (Å²) in [6, 6.07) is 11.9. The molecule has 3 heterocycles. The van der Waals surface area contributed by atoms with Crippen molar-refractivity contribution in [1.29, 1.82) is 0 Å². The third-order valence-corrected chi connectivity index (χ3v) is 9.11. The van der Waals surface area contributed by atoms with Crippen LogP contribution in [0.25, 0.3) is 0 Å². The molecule has 6 nitrogen and oxygen atoms in total. The monoisotopic (exact) mass is 508 g/mol. The van der Waals surface area contributed by atoms with Crippen LogP contribution >= 0.6 is 11.3 Å². The molecule has 1 aromatic carbocycles. The maximum atomic E-state index is 13.8. The molecule has 1 aliphatic carbocycles. The van der Waals surface area contributed by atoms with E-state index in [9.17, 15) is 9.59 Å². The van der Waals surface area contributed by atoms with E-state index in [2.05, 4.69) is 38.4 Å². The van der Waals surface area contributed by atoms with E-state index in [-0.39, 0.29) is 29.8 Å². The third kappa shape index (κ3) is 5.38. The van der Waals surface area contributed by atoms with E-state index in [4.69, 9.17) is 0 Å². The highest BCUT2D eigenvalue weighted by Gasteiger charge is 2.47. The summed E-state index contributed by atoms with van der Waals surface area (Å²) in [4.78, 5) is 35.8. The van der Waals surface area contributed by atoms with E-state index < -0.39 is 0 Å². The van der Waals surface area contributed by atoms with Gasteiger partial charge >= 0.3 is 0 Å². The molecule has 3 aliphatic rings. The summed E-state index contributed by atoms with van der Waals surface area (Å²) in [5.41, 5.74) is 1.57. The quantitative estimate of drug-likeness (QED) is 0.507. The molecule has 2 aliphatic heterocycles. The van der Waals surface area contributed by atoms with Crippen molar-refractivity contribution in [2.45, 2.75) is 63.5 Å². The molecule has 2 atom stereocenters. The van der Waals surface area contributed by atoms with E-state index in [1.54, 1.807) is 11.3 Å². The zero-order valence-corrected chi connectivity index (χ0v) is 22.3. The molecule has 0 radical (unpaired) electrons. The number of nitrogens with zero attached hydrogens (tertiary/aromatic N) is 3. The first-order valence-corrected chi connectivity index (χ1v) is 14.7. The van der Waals surface area contributed by atoms with Crippen LogP contribution in [0.5, 0.6) is 0 Å². The number of carbonyl (C=O) groups excluding carboxylic acids is 2. The fourth-order valence-corrected chi connectivity index (χ4v) is 7.22. The second kappa shape index (κ2) is 11.9. The Balaban J connectivity index is 1.29. The Morgan fingerprint density at radius 3 is 2.42 bits per heavy atom. The van der Waals surface area contributed by atoms with Gasteiger partial charge in [0.05, 0.1) is 12.0 Å². The van der Waals surface area contributed by atoms with Crippen molar-refractivity contribution >= 4 is 23.2 Å². The number of hydrogen-bond acceptors (Lipinski definition) is 5. The molecular formula is C29H40N4O2S. The fraction of sp³-hybridized carbons (Fsp3) is 0.586. The van der Waals surface area contributed by atoms with Gasteiger partial charge in [0.2, 0.25) is 5.91 Å². The van der Waals surface area contributed by atoms with Gasteiger partial charge in [0.15, 0.2) is 0 Å². The number of hydrogen-bond donors (Lipinski definition) is 1. The van der Waals surface area contributed by atoms with Crippen LogP contribution in [0.2, 0.25) is 0 Å². The molecule has 1 aromatic heterocycles. The smallest absolute Gasteiger partial charge is 0.254 e. The van der Waals surface area contributed by atoms with Crippen LogP contribution in [-0.4, -0.2) is 78.4 Å². The molecule has 2 fully saturated rings. The Morgan fingerprint density at radius 2 is 1.72 bits per heavy atom. The SMILES string of the molecule is CCCN1CCN(CCCNC(=O)C2c3ccccc3C(=O)N(C3CCCC3)C2c2cccs2)CC1. The zero-order chi connectivity index (χ0) is 24.9. The third-order valence-electron chi connectivity index (χ3n) is 8.17. The second-order valence-corrected chi connectivity index (χ2v) is 11.5. The minimum Gasteiger partial charge on any atom is -0.355 e. The summed E-state index contributed by atoms with van der Waals surface area (Å²) in [7, 11) is 0. The first-order valence-electron chi connectivity index (χ1n) is 13.8. The highest BCUT2D eigenvalue weighted by molar-refractivity contribution is 7.10. The molecule has 0 bridgehead atoms. The highest BCUT2D eigenvalue weighted by Crippen LogP contribution is 2.47. The van der Waals surface area contributed by atoms with Gasteiger partial charge in [-0.1, -0.05) is 44.0 Å². The Morgan fingerprint density at radius 1 is 1.00 bits per heavy atom. The number of rotatable bonds is 9. The lowest BCUT2D eigenvalue weighted by Crippen LogP contribution is -2.51. The number of benzene rings is 1. The predicted molar refractivity (Wildman–Crippen MR) is 145 cm³/mol. The number of nitrogens with one attached hydrogen (secondary N) is 1. The van der Waals surface area contributed by atoms with Crippen molar-refractivity contribution < 1.29 is 9.59 Å². The molecule has 7 heteroatoms. The van der Waals surface area contributed by atoms with Crippen molar-refractivity contribution in [1.82, 2.24) is 20.0 Å². The molecule has 194 valence electrons. The summed E-state index contributed by atoms with van der Waals surface area (Å²) in [6.45, 7) is 9.64. The maximum absolute atomic E-state index is 13.8. The molecule has 2 unspecified atom stereocenters. The first-order chi connectivity index (χ1) is 17.7. The van der Waals surface area contributed by atoms with E-state index in [1.807, 2.05) is 30.3 Å². The van der Waals surface area contributed by atoms with Gasteiger partial charge in [0.25, 0.3) is 5.91 Å². The van der Waals surface area contributed by atoms with E-state index in [0.29, 0.717) is 12.1 Å². The average Bonchev–Trinajstić information content (AvgIpc) is 3.62. The van der Waals surface area contributed by atoms with Gasteiger partial charge in [0.1, 0.15) is 0 Å². The molecule has 1 N–H and O–H groups in total. The van der Waals surface area contributed by atoms with E-state index in [0.717, 1.165) is 75.3 Å². The van der Waals surface area contributed by atoms with Crippen LogP contribution in [0.4, 0.5) is 0 Å². The predicted octanol–water partition coefficient (Wildman–Crippen LogP) is 4.51. The number of piperazine rings is 1. The largest absolute Gasteiger partial charge is 0.355 e. The Kier molecular flexibility index (Phi) is 8.40. The van der Waals surface area contributed by atoms with Crippen LogP contribution < -0.4 is 5.32 Å². The summed E-state index contributed by atoms with van der Waals surface area (Å²) >= 11 is 1.66. The lowest BCUT2D eigenvalue weighted by molar-refractivity contribution is -0.124. The van der Waals surface area contributed by atoms with Gasteiger partial charge in [-0.2, -0.15) is 0 Å². The minimum absolute atomic E-state index is 0.0455. The van der Waals surface area contributed by atoms with Gasteiger partial charge in [-0.15, -0.1) is 11.3 Å². The van der Waals surface area contributed by atoms with Gasteiger partial charge in [0, 0.05) is 49.2 Å². The maximum Gasteiger partial charge on any atom is 0.254 e. The zero-order valence-electron chi connectivity index (χ0n) is 21.5. The Bertz CT molecular complexity index is 1010. The molecular weight excluding hydrogens is 468 g/mol. The molecule has 1 saturated heterocycles. The Labute approximate surface area is 219 Å². The van der Waals surface area contributed by atoms with Crippen LogP contribution in [0.15, 0.2) is 41.8 Å². The second-order valence-electron chi connectivity index (χ2n) is 10.5. The van der Waals surface area contributed by atoms with E-state index >= 15 is 0 Å². The van der Waals surface area contributed by atoms with Gasteiger partial charge in [-0.3, -0.25) is 9.59 Å². The van der Waals surface area contributed by atoms with Crippen molar-refractivity contribution in [3.63, 3.8) is 0 Å². The molecule has 36 heavy (non-hydrogen) atoms. The van der Waals surface area contributed by atoms with Crippen LogP contribution in [-0.2, 0) is 4.79 Å². The topological polar surface area (TPSA) is 55.9 Å². The first kappa shape index (κ1) is 25.4. The summed E-state index contributed by atoms with van der Waals surface area (Å²) in [6.07, 6.45) is 6.51. The summed E-state index contributed by atoms with van der Waals surface area (Å²) in [5, 5.41) is 5.33. The fourth-order valence-electron chi connectivity index (χ4n) is 6.36. The lowest BCUT2D eigenvalue weighted by Gasteiger charge is -2.44. The summed E-state index contributed by atoms with van der Waals surface area (Å²) < 4.78 is 0. The molecule has 2 amide bonds. The van der Waals surface area contributed by atoms with Crippen LogP contribution in [0.3, 0.4) is 0 Å².